The summed E-state index contributed by atoms with van der Waals surface area (Å²) in [6, 6.07) is 10.0. The van der Waals surface area contributed by atoms with Crippen molar-refractivity contribution < 1.29 is 0 Å². The number of nitrogens with zero attached hydrogens (tertiary/aromatic N) is 2. The summed E-state index contributed by atoms with van der Waals surface area (Å²) < 4.78 is 0. The molecule has 0 radical (unpaired) electrons. The van der Waals surface area contributed by atoms with E-state index in [0.717, 1.165) is 39.3 Å². The fourth-order valence-corrected chi connectivity index (χ4v) is 2.00. The van der Waals surface area contributed by atoms with E-state index in [9.17, 15) is 0 Å². The molecule has 3 nitrogen and oxygen atoms in total. The Hall–Kier alpha value is -2.16. The van der Waals surface area contributed by atoms with Crippen LogP contribution in [0.1, 0.15) is 22.3 Å². The molecule has 0 aromatic heterocycles. The van der Waals surface area contributed by atoms with Gasteiger partial charge in [-0.3, -0.25) is 0 Å². The van der Waals surface area contributed by atoms with Gasteiger partial charge < -0.3 is 5.73 Å². The normalized spacial score (nSPS) is 11.2. The van der Waals surface area contributed by atoms with Gasteiger partial charge in [-0.05, 0) is 62.1 Å². The van der Waals surface area contributed by atoms with Crippen LogP contribution in [0.25, 0.3) is 0 Å². The second-order valence-electron chi connectivity index (χ2n) is 4.94. The first kappa shape index (κ1) is 13.3. The van der Waals surface area contributed by atoms with E-state index in [2.05, 4.69) is 10.2 Å². The maximum absolute atomic E-state index is 5.87. The number of nitrogen functional groups attached to an aromatic ring is 1. The van der Waals surface area contributed by atoms with Crippen LogP contribution >= 0.6 is 0 Å². The van der Waals surface area contributed by atoms with E-state index >= 15 is 0 Å². The van der Waals surface area contributed by atoms with Crippen LogP contribution in [0.3, 0.4) is 0 Å². The molecule has 0 unspecified atom stereocenters. The Kier molecular flexibility index (Phi) is 3.65. The van der Waals surface area contributed by atoms with Gasteiger partial charge in [0.25, 0.3) is 0 Å². The van der Waals surface area contributed by atoms with Gasteiger partial charge in [-0.2, -0.15) is 10.2 Å². The summed E-state index contributed by atoms with van der Waals surface area (Å²) in [7, 11) is 0. The predicted molar refractivity (Wildman–Crippen MR) is 80.4 cm³/mol. The largest absolute Gasteiger partial charge is 0.399 e. The van der Waals surface area contributed by atoms with Gasteiger partial charge in [-0.25, -0.2) is 0 Å². The van der Waals surface area contributed by atoms with Gasteiger partial charge in [0.1, 0.15) is 0 Å². The van der Waals surface area contributed by atoms with E-state index in [1.807, 2.05) is 58.0 Å². The second kappa shape index (κ2) is 5.22. The van der Waals surface area contributed by atoms with E-state index in [0.29, 0.717) is 0 Å². The van der Waals surface area contributed by atoms with Crippen LogP contribution in [0.4, 0.5) is 17.1 Å². The number of nitrogens with two attached hydrogens (primary N) is 1. The van der Waals surface area contributed by atoms with E-state index < -0.39 is 0 Å². The fourth-order valence-electron chi connectivity index (χ4n) is 2.00. The SMILES string of the molecule is Cc1cc(N=Nc2c(C)cccc2C)c(C)cc1N. The van der Waals surface area contributed by atoms with Crippen molar-refractivity contribution in [2.75, 3.05) is 5.73 Å². The lowest BCUT2D eigenvalue weighted by Gasteiger charge is -2.06. The zero-order valence-corrected chi connectivity index (χ0v) is 11.9. The molecular formula is C16H19N3. The molecule has 2 aromatic rings. The molecule has 2 N–H and O–H groups in total. The molecule has 0 saturated carbocycles. The predicted octanol–water partition coefficient (Wildman–Crippen LogP) is 4.92. The highest BCUT2D eigenvalue weighted by Crippen LogP contribution is 2.29. The van der Waals surface area contributed by atoms with Crippen LogP contribution in [0, 0.1) is 27.7 Å². The number of anilines is 1. The van der Waals surface area contributed by atoms with Crippen molar-refractivity contribution >= 4 is 17.1 Å². The summed E-state index contributed by atoms with van der Waals surface area (Å²) >= 11 is 0. The highest BCUT2D eigenvalue weighted by atomic mass is 15.1. The van der Waals surface area contributed by atoms with E-state index in [-0.39, 0.29) is 0 Å². The van der Waals surface area contributed by atoms with Gasteiger partial charge in [0.2, 0.25) is 0 Å². The van der Waals surface area contributed by atoms with Crippen LogP contribution in [0.2, 0.25) is 0 Å². The number of rotatable bonds is 2. The van der Waals surface area contributed by atoms with Gasteiger partial charge in [0, 0.05) is 5.69 Å². The molecule has 2 aromatic carbocycles. The maximum Gasteiger partial charge on any atom is 0.0915 e. The average Bonchev–Trinajstić information content (AvgIpc) is 2.34. The number of benzene rings is 2. The zero-order chi connectivity index (χ0) is 14.0. The van der Waals surface area contributed by atoms with Gasteiger partial charge in [0.15, 0.2) is 0 Å². The minimum atomic E-state index is 0.795. The third-order valence-electron chi connectivity index (χ3n) is 3.28. The highest BCUT2D eigenvalue weighted by molar-refractivity contribution is 5.59. The first-order valence-corrected chi connectivity index (χ1v) is 6.33. The average molecular weight is 253 g/mol. The molecule has 0 aliphatic rings. The Labute approximate surface area is 114 Å². The summed E-state index contributed by atoms with van der Waals surface area (Å²) in [5, 5.41) is 8.76. The van der Waals surface area contributed by atoms with Crippen molar-refractivity contribution in [3.63, 3.8) is 0 Å². The Morgan fingerprint density at radius 3 is 2.05 bits per heavy atom. The Morgan fingerprint density at radius 1 is 0.789 bits per heavy atom. The standard InChI is InChI=1S/C16H19N3/c1-10-6-5-7-11(2)16(10)19-18-15-9-12(3)14(17)8-13(15)4/h5-9H,17H2,1-4H3. The number of aryl methyl sites for hydroxylation is 4. The molecular weight excluding hydrogens is 234 g/mol. The van der Waals surface area contributed by atoms with Gasteiger partial charge in [-0.1, -0.05) is 18.2 Å². The van der Waals surface area contributed by atoms with Gasteiger partial charge in [0.05, 0.1) is 11.4 Å². The smallest absolute Gasteiger partial charge is 0.0915 e. The Morgan fingerprint density at radius 2 is 1.42 bits per heavy atom. The summed E-state index contributed by atoms with van der Waals surface area (Å²) in [5.74, 6) is 0. The second-order valence-corrected chi connectivity index (χ2v) is 4.94. The molecule has 0 saturated heterocycles. The Balaban J connectivity index is 2.41. The van der Waals surface area contributed by atoms with Gasteiger partial charge >= 0.3 is 0 Å². The lowest BCUT2D eigenvalue weighted by molar-refractivity contribution is 1.17. The van der Waals surface area contributed by atoms with E-state index in [1.165, 1.54) is 0 Å². The van der Waals surface area contributed by atoms with Crippen molar-refractivity contribution in [1.29, 1.82) is 0 Å². The molecule has 0 aliphatic heterocycles. The number of hydrogen-bond acceptors (Lipinski definition) is 3. The van der Waals surface area contributed by atoms with Gasteiger partial charge in [-0.15, -0.1) is 0 Å². The quantitative estimate of drug-likeness (QED) is 0.599. The summed E-state index contributed by atoms with van der Waals surface area (Å²) in [4.78, 5) is 0. The molecule has 19 heavy (non-hydrogen) atoms. The van der Waals surface area contributed by atoms with Crippen LogP contribution in [0.5, 0.6) is 0 Å². The molecule has 3 heteroatoms. The van der Waals surface area contributed by atoms with Crippen LogP contribution in [0.15, 0.2) is 40.6 Å². The monoisotopic (exact) mass is 253 g/mol. The number of azo groups is 1. The van der Waals surface area contributed by atoms with Crippen molar-refractivity contribution in [3.8, 4) is 0 Å². The Bertz CT molecular complexity index is 622. The van der Waals surface area contributed by atoms with Crippen molar-refractivity contribution in [2.45, 2.75) is 27.7 Å². The minimum absolute atomic E-state index is 0.795. The third-order valence-corrected chi connectivity index (χ3v) is 3.28. The third kappa shape index (κ3) is 2.81. The number of hydrogen-bond donors (Lipinski definition) is 1. The molecule has 0 atom stereocenters. The molecule has 0 bridgehead atoms. The van der Waals surface area contributed by atoms with Crippen molar-refractivity contribution in [1.82, 2.24) is 0 Å². The minimum Gasteiger partial charge on any atom is -0.399 e. The molecule has 0 aliphatic carbocycles. The highest BCUT2D eigenvalue weighted by Gasteiger charge is 2.03. The summed E-state index contributed by atoms with van der Waals surface area (Å²) in [6.07, 6.45) is 0. The van der Waals surface area contributed by atoms with Crippen LogP contribution < -0.4 is 5.73 Å². The van der Waals surface area contributed by atoms with E-state index in [4.69, 9.17) is 5.73 Å². The van der Waals surface area contributed by atoms with E-state index in [1.54, 1.807) is 0 Å². The molecule has 0 amide bonds. The lowest BCUT2D eigenvalue weighted by atomic mass is 10.1. The van der Waals surface area contributed by atoms with Crippen LogP contribution in [-0.2, 0) is 0 Å². The first-order chi connectivity index (χ1) is 8.99. The molecule has 0 heterocycles. The zero-order valence-electron chi connectivity index (χ0n) is 11.9. The molecule has 98 valence electrons. The molecule has 0 spiro atoms. The van der Waals surface area contributed by atoms with Crippen molar-refractivity contribution in [3.05, 3.63) is 52.6 Å². The fraction of sp³-hybridized carbons (Fsp3) is 0.250. The summed E-state index contributed by atoms with van der Waals surface area (Å²) in [6.45, 7) is 8.06. The molecule has 2 rings (SSSR count). The first-order valence-electron chi connectivity index (χ1n) is 6.33. The topological polar surface area (TPSA) is 50.7 Å². The maximum atomic E-state index is 5.87. The summed E-state index contributed by atoms with van der Waals surface area (Å²) in [5.41, 5.74) is 12.8. The van der Waals surface area contributed by atoms with Crippen molar-refractivity contribution in [2.24, 2.45) is 10.2 Å². The van der Waals surface area contributed by atoms with Crippen LogP contribution in [-0.4, -0.2) is 0 Å². The molecule has 0 fully saturated rings. The lowest BCUT2D eigenvalue weighted by Crippen LogP contribution is -1.90.